The first-order valence-electron chi connectivity index (χ1n) is 5.49. The minimum absolute atomic E-state index is 0.0987. The molecule has 0 spiro atoms. The minimum Gasteiger partial charge on any atom is -0.268 e. The van der Waals surface area contributed by atoms with Gasteiger partial charge in [0.25, 0.3) is 17.4 Å². The lowest BCUT2D eigenvalue weighted by Crippen LogP contribution is -2.42. The van der Waals surface area contributed by atoms with Crippen molar-refractivity contribution in [3.05, 3.63) is 63.8 Å². The number of benzene rings is 1. The summed E-state index contributed by atoms with van der Waals surface area (Å²) >= 11 is 0. The van der Waals surface area contributed by atoms with Gasteiger partial charge in [-0.15, -0.1) is 0 Å². The maximum atomic E-state index is 13.3. The number of nitrogens with one attached hydrogen (secondary N) is 3. The second kappa shape index (κ2) is 5.74. The molecule has 0 bridgehead atoms. The van der Waals surface area contributed by atoms with Gasteiger partial charge in [-0.05, 0) is 18.2 Å². The molecule has 0 unspecified atom stereocenters. The molecule has 0 aliphatic carbocycles. The third-order valence-electron chi connectivity index (χ3n) is 2.32. The number of hydrazine groups is 1. The van der Waals surface area contributed by atoms with Crippen LogP contribution < -0.4 is 16.4 Å². The number of carbonyl (C=O) groups is 2. The van der Waals surface area contributed by atoms with Gasteiger partial charge in [0.2, 0.25) is 0 Å². The third kappa shape index (κ3) is 3.05. The highest BCUT2D eigenvalue weighted by Gasteiger charge is 2.13. The van der Waals surface area contributed by atoms with E-state index in [0.29, 0.717) is 0 Å². The van der Waals surface area contributed by atoms with Gasteiger partial charge in [-0.25, -0.2) is 9.49 Å². The molecule has 2 aromatic rings. The molecular formula is C12H9FN4O3. The molecule has 102 valence electrons. The van der Waals surface area contributed by atoms with Gasteiger partial charge >= 0.3 is 0 Å². The lowest BCUT2D eigenvalue weighted by atomic mass is 10.2. The number of nitrogens with zero attached hydrogens (tertiary/aromatic N) is 1. The van der Waals surface area contributed by atoms with Crippen molar-refractivity contribution in [1.82, 2.24) is 21.0 Å². The van der Waals surface area contributed by atoms with E-state index in [4.69, 9.17) is 0 Å². The largest absolute Gasteiger partial charge is 0.290 e. The molecule has 7 nitrogen and oxygen atoms in total. The molecule has 8 heteroatoms. The van der Waals surface area contributed by atoms with Crippen LogP contribution in [0.25, 0.3) is 0 Å². The monoisotopic (exact) mass is 276 g/mol. The lowest BCUT2D eigenvalue weighted by Gasteiger charge is -2.07. The zero-order valence-electron chi connectivity index (χ0n) is 10.0. The van der Waals surface area contributed by atoms with E-state index >= 15 is 0 Å². The second-order valence-electron chi connectivity index (χ2n) is 3.69. The van der Waals surface area contributed by atoms with E-state index in [9.17, 15) is 18.8 Å². The minimum atomic E-state index is -0.805. The Morgan fingerprint density at radius 1 is 1.05 bits per heavy atom. The summed E-state index contributed by atoms with van der Waals surface area (Å²) in [5, 5.41) is 5.54. The fraction of sp³-hybridized carbons (Fsp3) is 0. The molecular weight excluding hydrogens is 267 g/mol. The third-order valence-corrected chi connectivity index (χ3v) is 2.32. The van der Waals surface area contributed by atoms with Crippen molar-refractivity contribution in [2.24, 2.45) is 0 Å². The number of aromatic nitrogens is 2. The summed E-state index contributed by atoms with van der Waals surface area (Å²) in [6.45, 7) is 0. The second-order valence-corrected chi connectivity index (χ2v) is 3.69. The predicted octanol–water partition coefficient (Wildman–Crippen LogP) is -0.0162. The van der Waals surface area contributed by atoms with Crippen molar-refractivity contribution in [3.63, 3.8) is 0 Å². The molecule has 3 N–H and O–H groups in total. The van der Waals surface area contributed by atoms with Gasteiger partial charge < -0.3 is 0 Å². The number of aromatic amines is 1. The molecule has 0 saturated heterocycles. The molecule has 0 saturated carbocycles. The van der Waals surface area contributed by atoms with Crippen molar-refractivity contribution in [1.29, 1.82) is 0 Å². The maximum Gasteiger partial charge on any atom is 0.290 e. The number of hydrogen-bond donors (Lipinski definition) is 3. The fourth-order valence-corrected chi connectivity index (χ4v) is 1.36. The first-order valence-corrected chi connectivity index (χ1v) is 5.49. The molecule has 2 amide bonds. The molecule has 0 atom stereocenters. The summed E-state index contributed by atoms with van der Waals surface area (Å²) < 4.78 is 13.3. The summed E-state index contributed by atoms with van der Waals surface area (Å²) in [4.78, 5) is 34.0. The van der Waals surface area contributed by atoms with Gasteiger partial charge in [0.05, 0.1) is 5.56 Å². The average Bonchev–Trinajstić information content (AvgIpc) is 2.45. The first-order chi connectivity index (χ1) is 9.58. The highest BCUT2D eigenvalue weighted by molar-refractivity contribution is 5.98. The summed E-state index contributed by atoms with van der Waals surface area (Å²) in [5.74, 6) is -2.26. The molecule has 0 radical (unpaired) electrons. The number of amides is 2. The Balaban J connectivity index is 2.00. The molecule has 2 rings (SSSR count). The Hall–Kier alpha value is -3.03. The van der Waals surface area contributed by atoms with E-state index in [1.807, 2.05) is 5.43 Å². The van der Waals surface area contributed by atoms with Gasteiger partial charge in [-0.1, -0.05) is 12.1 Å². The quantitative estimate of drug-likeness (QED) is 0.671. The number of hydrogen-bond acceptors (Lipinski definition) is 4. The smallest absolute Gasteiger partial charge is 0.268 e. The molecule has 0 fully saturated rings. The zero-order chi connectivity index (χ0) is 14.5. The van der Waals surface area contributed by atoms with Crippen LogP contribution in [0, 0.1) is 5.82 Å². The molecule has 1 heterocycles. The van der Waals surface area contributed by atoms with E-state index < -0.39 is 23.2 Å². The molecule has 1 aromatic carbocycles. The molecule has 0 aliphatic rings. The average molecular weight is 276 g/mol. The van der Waals surface area contributed by atoms with Gasteiger partial charge in [-0.2, -0.15) is 5.10 Å². The molecule has 1 aromatic heterocycles. The Morgan fingerprint density at radius 2 is 1.75 bits per heavy atom. The Kier molecular flexibility index (Phi) is 3.85. The van der Waals surface area contributed by atoms with Crippen LogP contribution in [0.1, 0.15) is 20.8 Å². The Bertz CT molecular complexity index is 693. The van der Waals surface area contributed by atoms with Crippen molar-refractivity contribution >= 4 is 11.8 Å². The fourth-order valence-electron chi connectivity index (χ4n) is 1.36. The van der Waals surface area contributed by atoms with Gasteiger partial charge in [0.1, 0.15) is 5.82 Å². The standard InChI is InChI=1S/C12H9FN4O3/c13-8-4-2-1-3-7(8)11(19)16-17-12(20)9-5-6-10(18)15-14-9/h1-6H,(H,15,18)(H,16,19)(H,17,20). The van der Waals surface area contributed by atoms with Crippen molar-refractivity contribution < 1.29 is 14.0 Å². The van der Waals surface area contributed by atoms with Crippen LogP contribution in [-0.4, -0.2) is 22.0 Å². The van der Waals surface area contributed by atoms with Crippen LogP contribution in [0.15, 0.2) is 41.2 Å². The van der Waals surface area contributed by atoms with E-state index in [-0.39, 0.29) is 11.3 Å². The van der Waals surface area contributed by atoms with Crippen LogP contribution in [0.4, 0.5) is 4.39 Å². The molecule has 0 aliphatic heterocycles. The van der Waals surface area contributed by atoms with Crippen LogP contribution in [0.3, 0.4) is 0 Å². The summed E-state index contributed by atoms with van der Waals surface area (Å²) in [7, 11) is 0. The van der Waals surface area contributed by atoms with Crippen molar-refractivity contribution in [3.8, 4) is 0 Å². The van der Waals surface area contributed by atoms with Crippen LogP contribution in [0.2, 0.25) is 0 Å². The number of halogens is 1. The van der Waals surface area contributed by atoms with Gasteiger partial charge in [-0.3, -0.25) is 25.2 Å². The van der Waals surface area contributed by atoms with Crippen molar-refractivity contribution in [2.45, 2.75) is 0 Å². The number of carbonyl (C=O) groups excluding carboxylic acids is 2. The molecule has 20 heavy (non-hydrogen) atoms. The normalized spacial score (nSPS) is 9.85. The zero-order valence-corrected chi connectivity index (χ0v) is 10.0. The highest BCUT2D eigenvalue weighted by atomic mass is 19.1. The Labute approximate surface area is 111 Å². The van der Waals surface area contributed by atoms with Gasteiger partial charge in [0, 0.05) is 6.07 Å². The summed E-state index contributed by atoms with van der Waals surface area (Å²) in [6, 6.07) is 7.62. The van der Waals surface area contributed by atoms with Crippen molar-refractivity contribution in [2.75, 3.05) is 0 Å². The van der Waals surface area contributed by atoms with Crippen LogP contribution in [-0.2, 0) is 0 Å². The predicted molar refractivity (Wildman–Crippen MR) is 66.2 cm³/mol. The number of rotatable bonds is 2. The van der Waals surface area contributed by atoms with Crippen LogP contribution in [0.5, 0.6) is 0 Å². The van der Waals surface area contributed by atoms with E-state index in [2.05, 4.69) is 15.6 Å². The van der Waals surface area contributed by atoms with Crippen LogP contribution >= 0.6 is 0 Å². The van der Waals surface area contributed by atoms with E-state index in [0.717, 1.165) is 12.1 Å². The first kappa shape index (κ1) is 13.4. The van der Waals surface area contributed by atoms with E-state index in [1.165, 1.54) is 24.3 Å². The SMILES string of the molecule is O=C(NNC(=O)c1ccccc1F)c1ccc(=O)[nH]n1. The summed E-state index contributed by atoms with van der Waals surface area (Å²) in [5.41, 5.74) is 3.33. The van der Waals surface area contributed by atoms with Gasteiger partial charge in [0.15, 0.2) is 5.69 Å². The summed E-state index contributed by atoms with van der Waals surface area (Å²) in [6.07, 6.45) is 0. The maximum absolute atomic E-state index is 13.3. The highest BCUT2D eigenvalue weighted by Crippen LogP contribution is 2.05. The topological polar surface area (TPSA) is 104 Å². The lowest BCUT2D eigenvalue weighted by molar-refractivity contribution is 0.0841. The Morgan fingerprint density at radius 3 is 2.40 bits per heavy atom. The van der Waals surface area contributed by atoms with E-state index in [1.54, 1.807) is 0 Å². The number of H-pyrrole nitrogens is 1.